The lowest BCUT2D eigenvalue weighted by molar-refractivity contribution is -0.113. The van der Waals surface area contributed by atoms with Crippen molar-refractivity contribution in [2.24, 2.45) is 7.05 Å². The van der Waals surface area contributed by atoms with Crippen LogP contribution in [0.3, 0.4) is 0 Å². The van der Waals surface area contributed by atoms with Gasteiger partial charge in [-0.15, -0.1) is 10.2 Å². The minimum Gasteiger partial charge on any atom is -0.325 e. The number of amides is 1. The summed E-state index contributed by atoms with van der Waals surface area (Å²) in [6.45, 7) is 1.49. The summed E-state index contributed by atoms with van der Waals surface area (Å²) >= 11 is 7.31. The number of hydrogen-bond donors (Lipinski definition) is 1. The van der Waals surface area contributed by atoms with Crippen molar-refractivity contribution < 1.29 is 9.59 Å². The molecule has 27 heavy (non-hydrogen) atoms. The molecule has 0 saturated carbocycles. The molecule has 8 heteroatoms. The Bertz CT molecular complexity index is 1000. The van der Waals surface area contributed by atoms with E-state index in [1.54, 1.807) is 30.3 Å². The van der Waals surface area contributed by atoms with E-state index in [1.165, 1.54) is 18.7 Å². The smallest absolute Gasteiger partial charge is 0.234 e. The average molecular weight is 401 g/mol. The molecule has 0 unspecified atom stereocenters. The average Bonchev–Trinajstić information content (AvgIpc) is 3.01. The van der Waals surface area contributed by atoms with Crippen LogP contribution in [0.25, 0.3) is 11.4 Å². The Kier molecular flexibility index (Phi) is 5.93. The van der Waals surface area contributed by atoms with Gasteiger partial charge in [0, 0.05) is 28.9 Å². The van der Waals surface area contributed by atoms with Gasteiger partial charge >= 0.3 is 0 Å². The number of carbonyl (C=O) groups excluding carboxylic acids is 2. The molecule has 0 aliphatic carbocycles. The zero-order valence-electron chi connectivity index (χ0n) is 14.8. The van der Waals surface area contributed by atoms with Gasteiger partial charge in [0.15, 0.2) is 16.8 Å². The number of hydrogen-bond acceptors (Lipinski definition) is 5. The van der Waals surface area contributed by atoms with Gasteiger partial charge in [-0.25, -0.2) is 0 Å². The standard InChI is InChI=1S/C19H17ClN4O2S/c1-12(25)13-5-4-8-16(10-13)21-17(26)11-27-19-23-22-18(24(19)2)14-6-3-7-15(20)9-14/h3-10H,11H2,1-2H3,(H,21,26). The molecule has 6 nitrogen and oxygen atoms in total. The first-order chi connectivity index (χ1) is 12.9. The van der Waals surface area contributed by atoms with Crippen LogP contribution in [0.4, 0.5) is 5.69 Å². The Morgan fingerprint density at radius 2 is 1.93 bits per heavy atom. The van der Waals surface area contributed by atoms with Gasteiger partial charge in [-0.1, -0.05) is 47.6 Å². The Labute approximate surface area is 165 Å². The van der Waals surface area contributed by atoms with Crippen molar-refractivity contribution in [1.29, 1.82) is 0 Å². The van der Waals surface area contributed by atoms with Gasteiger partial charge < -0.3 is 9.88 Å². The molecule has 0 saturated heterocycles. The summed E-state index contributed by atoms with van der Waals surface area (Å²) in [4.78, 5) is 23.6. The van der Waals surface area contributed by atoms with Crippen molar-refractivity contribution in [3.05, 3.63) is 59.1 Å². The van der Waals surface area contributed by atoms with Crippen LogP contribution in [0.2, 0.25) is 5.02 Å². The predicted molar refractivity (Wildman–Crippen MR) is 107 cm³/mol. The summed E-state index contributed by atoms with van der Waals surface area (Å²) in [5.41, 5.74) is 2.00. The van der Waals surface area contributed by atoms with Crippen molar-refractivity contribution in [3.8, 4) is 11.4 Å². The number of aromatic nitrogens is 3. The van der Waals surface area contributed by atoms with E-state index in [1.807, 2.05) is 29.8 Å². The van der Waals surface area contributed by atoms with Gasteiger partial charge in [-0.3, -0.25) is 9.59 Å². The number of nitrogens with one attached hydrogen (secondary N) is 1. The topological polar surface area (TPSA) is 76.9 Å². The summed E-state index contributed by atoms with van der Waals surface area (Å²) in [5.74, 6) is 0.613. The minimum absolute atomic E-state index is 0.0481. The predicted octanol–water partition coefficient (Wildman–Crippen LogP) is 4.07. The highest BCUT2D eigenvalue weighted by molar-refractivity contribution is 7.99. The Hall–Kier alpha value is -2.64. The van der Waals surface area contributed by atoms with Gasteiger partial charge in [0.1, 0.15) is 0 Å². The minimum atomic E-state index is -0.187. The highest BCUT2D eigenvalue weighted by atomic mass is 35.5. The molecule has 1 amide bonds. The van der Waals surface area contributed by atoms with Gasteiger partial charge in [0.05, 0.1) is 5.75 Å². The summed E-state index contributed by atoms with van der Waals surface area (Å²) in [5, 5.41) is 12.4. The summed E-state index contributed by atoms with van der Waals surface area (Å²) in [6.07, 6.45) is 0. The number of rotatable bonds is 6. The molecule has 1 heterocycles. The third kappa shape index (κ3) is 4.75. The summed E-state index contributed by atoms with van der Waals surface area (Å²) in [7, 11) is 1.84. The number of benzene rings is 2. The van der Waals surface area contributed by atoms with Crippen LogP contribution in [0.1, 0.15) is 17.3 Å². The van der Waals surface area contributed by atoms with E-state index in [-0.39, 0.29) is 17.4 Å². The molecule has 138 valence electrons. The summed E-state index contributed by atoms with van der Waals surface area (Å²) < 4.78 is 1.82. The largest absolute Gasteiger partial charge is 0.325 e. The molecule has 3 aromatic rings. The van der Waals surface area contributed by atoms with E-state index in [0.717, 1.165) is 5.56 Å². The van der Waals surface area contributed by atoms with Crippen LogP contribution >= 0.6 is 23.4 Å². The molecule has 1 N–H and O–H groups in total. The lowest BCUT2D eigenvalue weighted by atomic mass is 10.1. The van der Waals surface area contributed by atoms with Gasteiger partial charge in [0.25, 0.3) is 0 Å². The summed E-state index contributed by atoms with van der Waals surface area (Å²) in [6, 6.07) is 14.2. The van der Waals surface area contributed by atoms with Gasteiger partial charge in [0.2, 0.25) is 5.91 Å². The zero-order valence-corrected chi connectivity index (χ0v) is 16.3. The second-order valence-electron chi connectivity index (χ2n) is 5.85. The molecular weight excluding hydrogens is 384 g/mol. The van der Waals surface area contributed by atoms with Crippen molar-refractivity contribution in [3.63, 3.8) is 0 Å². The monoisotopic (exact) mass is 400 g/mol. The Morgan fingerprint density at radius 1 is 1.15 bits per heavy atom. The van der Waals surface area contributed by atoms with Crippen LogP contribution in [-0.4, -0.2) is 32.2 Å². The highest BCUT2D eigenvalue weighted by Crippen LogP contribution is 2.24. The first kappa shape index (κ1) is 19.1. The van der Waals surface area contributed by atoms with E-state index in [0.29, 0.717) is 27.3 Å². The maximum absolute atomic E-state index is 12.2. The second-order valence-corrected chi connectivity index (χ2v) is 7.23. The van der Waals surface area contributed by atoms with E-state index in [4.69, 9.17) is 11.6 Å². The lowest BCUT2D eigenvalue weighted by Crippen LogP contribution is -2.14. The fraction of sp³-hybridized carbons (Fsp3) is 0.158. The number of ketones is 1. The lowest BCUT2D eigenvalue weighted by Gasteiger charge is -2.07. The maximum atomic E-state index is 12.2. The number of thioether (sulfide) groups is 1. The molecule has 2 aromatic carbocycles. The Balaban J connectivity index is 1.64. The van der Waals surface area contributed by atoms with Crippen LogP contribution in [0.5, 0.6) is 0 Å². The van der Waals surface area contributed by atoms with Crippen molar-refractivity contribution in [2.75, 3.05) is 11.1 Å². The molecule has 0 aliphatic rings. The SMILES string of the molecule is CC(=O)c1cccc(NC(=O)CSc2nnc(-c3cccc(Cl)c3)n2C)c1. The van der Waals surface area contributed by atoms with E-state index < -0.39 is 0 Å². The third-order valence-electron chi connectivity index (χ3n) is 3.80. The van der Waals surface area contributed by atoms with Crippen LogP contribution < -0.4 is 5.32 Å². The normalized spacial score (nSPS) is 10.6. The van der Waals surface area contributed by atoms with Crippen molar-refractivity contribution >= 4 is 40.7 Å². The van der Waals surface area contributed by atoms with E-state index in [2.05, 4.69) is 15.5 Å². The fourth-order valence-electron chi connectivity index (χ4n) is 2.46. The Morgan fingerprint density at radius 3 is 2.67 bits per heavy atom. The number of carbonyl (C=O) groups is 2. The first-order valence-electron chi connectivity index (χ1n) is 8.13. The third-order valence-corrected chi connectivity index (χ3v) is 5.06. The second kappa shape index (κ2) is 8.37. The van der Waals surface area contributed by atoms with Crippen LogP contribution in [0.15, 0.2) is 53.7 Å². The quantitative estimate of drug-likeness (QED) is 0.498. The van der Waals surface area contributed by atoms with Crippen LogP contribution in [0, 0.1) is 0 Å². The molecule has 0 atom stereocenters. The van der Waals surface area contributed by atoms with E-state index >= 15 is 0 Å². The number of anilines is 1. The number of halogens is 1. The molecule has 0 spiro atoms. The molecule has 1 aromatic heterocycles. The molecule has 0 bridgehead atoms. The molecular formula is C19H17ClN4O2S. The van der Waals surface area contributed by atoms with Crippen molar-refractivity contribution in [1.82, 2.24) is 14.8 Å². The zero-order chi connectivity index (χ0) is 19.4. The molecule has 0 radical (unpaired) electrons. The number of Topliss-reactive ketones (excluding diaryl/α,β-unsaturated/α-hetero) is 1. The molecule has 0 aliphatic heterocycles. The van der Waals surface area contributed by atoms with Crippen molar-refractivity contribution in [2.45, 2.75) is 12.1 Å². The van der Waals surface area contributed by atoms with E-state index in [9.17, 15) is 9.59 Å². The number of nitrogens with zero attached hydrogens (tertiary/aromatic N) is 3. The molecule has 3 rings (SSSR count). The highest BCUT2D eigenvalue weighted by Gasteiger charge is 2.13. The fourth-order valence-corrected chi connectivity index (χ4v) is 3.36. The molecule has 0 fully saturated rings. The maximum Gasteiger partial charge on any atom is 0.234 e. The van der Waals surface area contributed by atoms with Gasteiger partial charge in [-0.05, 0) is 31.2 Å². The van der Waals surface area contributed by atoms with Crippen LogP contribution in [-0.2, 0) is 11.8 Å². The van der Waals surface area contributed by atoms with Gasteiger partial charge in [-0.2, -0.15) is 0 Å². The first-order valence-corrected chi connectivity index (χ1v) is 9.49.